The molecule has 1 aromatic carbocycles. The maximum absolute atomic E-state index is 13.5. The van der Waals surface area contributed by atoms with Gasteiger partial charge < -0.3 is 20.2 Å². The quantitative estimate of drug-likeness (QED) is 0.890. The number of aliphatic hydroxyl groups is 1. The fraction of sp³-hybridized carbons (Fsp3) is 0.250. The van der Waals surface area contributed by atoms with E-state index in [1.54, 1.807) is 0 Å². The molecule has 2 heterocycles. The van der Waals surface area contributed by atoms with Gasteiger partial charge in [0.2, 0.25) is 0 Å². The number of halogens is 2. The number of primary amides is 1. The highest BCUT2D eigenvalue weighted by Crippen LogP contribution is 2.34. The van der Waals surface area contributed by atoms with Crippen LogP contribution in [0.2, 0.25) is 0 Å². The van der Waals surface area contributed by atoms with Gasteiger partial charge >= 0.3 is 0 Å². The van der Waals surface area contributed by atoms with Gasteiger partial charge in [-0.15, -0.1) is 0 Å². The Balaban J connectivity index is 1.90. The van der Waals surface area contributed by atoms with E-state index in [9.17, 15) is 23.5 Å². The highest BCUT2D eigenvalue weighted by Gasteiger charge is 2.37. The van der Waals surface area contributed by atoms with E-state index in [1.165, 1.54) is 23.1 Å². The van der Waals surface area contributed by atoms with Crippen LogP contribution in [-0.2, 0) is 0 Å². The minimum atomic E-state index is -1.03. The van der Waals surface area contributed by atoms with E-state index >= 15 is 0 Å². The Bertz CT molecular complexity index is 805. The standard InChI is InChI=1S/C16H14F2N2O4/c17-10-2-1-8(5-11(10)18)12-6-9(21)7-20(12)16(23)14-4-3-13(24-14)15(19)22/h1-5,9,12,21H,6-7H2,(H2,19,22). The van der Waals surface area contributed by atoms with Crippen LogP contribution in [0.25, 0.3) is 0 Å². The predicted octanol–water partition coefficient (Wildman–Crippen LogP) is 1.60. The molecule has 2 aromatic rings. The molecule has 0 saturated carbocycles. The van der Waals surface area contributed by atoms with Gasteiger partial charge in [0, 0.05) is 6.54 Å². The Morgan fingerprint density at radius 3 is 2.50 bits per heavy atom. The summed E-state index contributed by atoms with van der Waals surface area (Å²) >= 11 is 0. The summed E-state index contributed by atoms with van der Waals surface area (Å²) in [7, 11) is 0. The number of hydrogen-bond acceptors (Lipinski definition) is 4. The molecule has 3 rings (SSSR count). The van der Waals surface area contributed by atoms with E-state index in [2.05, 4.69) is 0 Å². The molecule has 2 atom stereocenters. The maximum atomic E-state index is 13.5. The van der Waals surface area contributed by atoms with Crippen molar-refractivity contribution in [1.29, 1.82) is 0 Å². The lowest BCUT2D eigenvalue weighted by Gasteiger charge is -2.23. The topological polar surface area (TPSA) is 96.8 Å². The minimum absolute atomic E-state index is 0.00903. The molecule has 0 aliphatic carbocycles. The molecule has 6 nitrogen and oxygen atoms in total. The lowest BCUT2D eigenvalue weighted by Crippen LogP contribution is -2.31. The molecule has 1 aliphatic heterocycles. The number of likely N-dealkylation sites (tertiary alicyclic amines) is 1. The van der Waals surface area contributed by atoms with E-state index in [4.69, 9.17) is 10.2 Å². The van der Waals surface area contributed by atoms with Gasteiger partial charge in [0.15, 0.2) is 23.2 Å². The predicted molar refractivity (Wildman–Crippen MR) is 78.0 cm³/mol. The van der Waals surface area contributed by atoms with E-state index in [0.717, 1.165) is 12.1 Å². The van der Waals surface area contributed by atoms with Crippen molar-refractivity contribution in [3.8, 4) is 0 Å². The van der Waals surface area contributed by atoms with Crippen molar-refractivity contribution in [2.75, 3.05) is 6.54 Å². The van der Waals surface area contributed by atoms with E-state index in [1.807, 2.05) is 0 Å². The van der Waals surface area contributed by atoms with Crippen LogP contribution in [0, 0.1) is 11.6 Å². The van der Waals surface area contributed by atoms with E-state index < -0.39 is 35.6 Å². The fourth-order valence-electron chi connectivity index (χ4n) is 2.80. The highest BCUT2D eigenvalue weighted by atomic mass is 19.2. The summed E-state index contributed by atoms with van der Waals surface area (Å²) in [5.74, 6) is -3.70. The summed E-state index contributed by atoms with van der Waals surface area (Å²) < 4.78 is 31.7. The van der Waals surface area contributed by atoms with Crippen LogP contribution in [0.5, 0.6) is 0 Å². The third kappa shape index (κ3) is 2.88. The summed E-state index contributed by atoms with van der Waals surface area (Å²) in [6, 6.07) is 5.26. The van der Waals surface area contributed by atoms with Crippen molar-refractivity contribution in [1.82, 2.24) is 4.90 Å². The van der Waals surface area contributed by atoms with Crippen LogP contribution in [-0.4, -0.2) is 34.5 Å². The Hall–Kier alpha value is -2.74. The van der Waals surface area contributed by atoms with Gasteiger partial charge in [0.05, 0.1) is 12.1 Å². The molecule has 8 heteroatoms. The van der Waals surface area contributed by atoms with Crippen molar-refractivity contribution in [2.45, 2.75) is 18.6 Å². The summed E-state index contributed by atoms with van der Waals surface area (Å²) in [6.45, 7) is 0.00903. The Morgan fingerprint density at radius 1 is 1.17 bits per heavy atom. The zero-order chi connectivity index (χ0) is 17.4. The minimum Gasteiger partial charge on any atom is -0.446 e. The van der Waals surface area contributed by atoms with Crippen molar-refractivity contribution >= 4 is 11.8 Å². The smallest absolute Gasteiger partial charge is 0.290 e. The van der Waals surface area contributed by atoms with Crippen LogP contribution in [0.15, 0.2) is 34.7 Å². The van der Waals surface area contributed by atoms with Gasteiger partial charge in [-0.05, 0) is 36.2 Å². The molecule has 0 bridgehead atoms. The fourth-order valence-corrected chi connectivity index (χ4v) is 2.80. The van der Waals surface area contributed by atoms with Gasteiger partial charge in [0.25, 0.3) is 11.8 Å². The van der Waals surface area contributed by atoms with Crippen LogP contribution in [0.3, 0.4) is 0 Å². The van der Waals surface area contributed by atoms with Crippen LogP contribution >= 0.6 is 0 Å². The molecule has 2 unspecified atom stereocenters. The molecule has 3 N–H and O–H groups in total. The van der Waals surface area contributed by atoms with Crippen LogP contribution in [0.1, 0.15) is 39.1 Å². The average Bonchev–Trinajstić information content (AvgIpc) is 3.16. The van der Waals surface area contributed by atoms with Gasteiger partial charge in [-0.25, -0.2) is 8.78 Å². The molecule has 1 saturated heterocycles. The number of nitrogens with zero attached hydrogens (tertiary/aromatic N) is 1. The number of β-amino-alcohol motifs (C(OH)–C–C–N with tert-alkyl or cyclic N) is 1. The molecule has 0 radical (unpaired) electrons. The first kappa shape index (κ1) is 16.1. The molecule has 24 heavy (non-hydrogen) atoms. The second-order valence-corrected chi connectivity index (χ2v) is 5.56. The summed E-state index contributed by atoms with van der Waals surface area (Å²) in [4.78, 5) is 24.9. The van der Waals surface area contributed by atoms with Crippen LogP contribution in [0.4, 0.5) is 8.78 Å². The molecule has 2 amide bonds. The lowest BCUT2D eigenvalue weighted by molar-refractivity contribution is 0.0681. The number of furan rings is 1. The second-order valence-electron chi connectivity index (χ2n) is 5.56. The van der Waals surface area contributed by atoms with E-state index in [0.29, 0.717) is 5.56 Å². The molecule has 1 aliphatic rings. The third-order valence-electron chi connectivity index (χ3n) is 3.93. The summed E-state index contributed by atoms with van der Waals surface area (Å²) in [5, 5.41) is 9.88. The Labute approximate surface area is 135 Å². The first-order valence-electron chi connectivity index (χ1n) is 7.20. The number of amides is 2. The Kier molecular flexibility index (Phi) is 4.06. The first-order valence-corrected chi connectivity index (χ1v) is 7.20. The number of benzene rings is 1. The van der Waals surface area contributed by atoms with Crippen molar-refractivity contribution in [2.24, 2.45) is 5.73 Å². The maximum Gasteiger partial charge on any atom is 0.290 e. The zero-order valence-electron chi connectivity index (χ0n) is 12.4. The second kappa shape index (κ2) is 6.04. The number of carbonyl (C=O) groups is 2. The molecular formula is C16H14F2N2O4. The number of rotatable bonds is 3. The van der Waals surface area contributed by atoms with E-state index in [-0.39, 0.29) is 24.5 Å². The van der Waals surface area contributed by atoms with Crippen molar-refractivity contribution in [3.63, 3.8) is 0 Å². The van der Waals surface area contributed by atoms with Crippen LogP contribution < -0.4 is 5.73 Å². The summed E-state index contributed by atoms with van der Waals surface area (Å²) in [5.41, 5.74) is 5.44. The SMILES string of the molecule is NC(=O)c1ccc(C(=O)N2CC(O)CC2c2ccc(F)c(F)c2)o1. The highest BCUT2D eigenvalue weighted by molar-refractivity contribution is 5.95. The third-order valence-corrected chi connectivity index (χ3v) is 3.93. The molecule has 1 fully saturated rings. The first-order chi connectivity index (χ1) is 11.4. The number of carbonyl (C=O) groups excluding carboxylic acids is 2. The van der Waals surface area contributed by atoms with Gasteiger partial charge in [0.1, 0.15) is 0 Å². The zero-order valence-corrected chi connectivity index (χ0v) is 12.4. The van der Waals surface area contributed by atoms with Gasteiger partial charge in [-0.2, -0.15) is 0 Å². The van der Waals surface area contributed by atoms with Crippen molar-refractivity contribution < 1.29 is 27.9 Å². The normalized spacial score (nSPS) is 20.4. The monoisotopic (exact) mass is 336 g/mol. The molecule has 0 spiro atoms. The van der Waals surface area contributed by atoms with Gasteiger partial charge in [-0.3, -0.25) is 9.59 Å². The van der Waals surface area contributed by atoms with Crippen molar-refractivity contribution in [3.05, 3.63) is 59.1 Å². The Morgan fingerprint density at radius 2 is 1.88 bits per heavy atom. The average molecular weight is 336 g/mol. The molecular weight excluding hydrogens is 322 g/mol. The number of aliphatic hydroxyl groups excluding tert-OH is 1. The molecule has 1 aromatic heterocycles. The number of hydrogen-bond donors (Lipinski definition) is 2. The molecule has 126 valence electrons. The van der Waals surface area contributed by atoms with Gasteiger partial charge in [-0.1, -0.05) is 6.07 Å². The number of nitrogens with two attached hydrogens (primary N) is 1. The summed E-state index contributed by atoms with van der Waals surface area (Å²) in [6.07, 6.45) is -0.627. The lowest BCUT2D eigenvalue weighted by atomic mass is 10.0. The largest absolute Gasteiger partial charge is 0.446 e.